The highest BCUT2D eigenvalue weighted by molar-refractivity contribution is 5.91. The van der Waals surface area contributed by atoms with Crippen molar-refractivity contribution in [3.05, 3.63) is 11.6 Å². The third kappa shape index (κ3) is 5.03. The number of amides is 1. The van der Waals surface area contributed by atoms with Crippen molar-refractivity contribution in [3.8, 4) is 0 Å². The summed E-state index contributed by atoms with van der Waals surface area (Å²) in [5, 5.41) is 0. The first-order valence-electron chi connectivity index (χ1n) is 2.65. The maximum atomic E-state index is 10.2. The first-order valence-corrected chi connectivity index (χ1v) is 2.65. The molecule has 9 heavy (non-hydrogen) atoms. The lowest BCUT2D eigenvalue weighted by atomic mass is 10.2. The largest absolute Gasteiger partial charge is 0.366 e. The van der Waals surface area contributed by atoms with Crippen LogP contribution in [-0.2, 0) is 4.79 Å². The van der Waals surface area contributed by atoms with Crippen LogP contribution in [0.15, 0.2) is 11.6 Å². The number of hydrogen-bond donors (Lipinski definition) is 2. The van der Waals surface area contributed by atoms with E-state index < -0.39 is 0 Å². The van der Waals surface area contributed by atoms with E-state index in [2.05, 4.69) is 0 Å². The minimum absolute atomic E-state index is 0. The summed E-state index contributed by atoms with van der Waals surface area (Å²) in [6.07, 6.45) is 2.68. The van der Waals surface area contributed by atoms with Gasteiger partial charge in [-0.15, -0.1) is 0 Å². The molecule has 0 aliphatic rings. The summed E-state index contributed by atoms with van der Waals surface area (Å²) in [5.74, 6) is -0.327. The second-order valence-corrected chi connectivity index (χ2v) is 1.66. The summed E-state index contributed by atoms with van der Waals surface area (Å²) in [4.78, 5) is 10.2. The molecule has 0 heterocycles. The van der Waals surface area contributed by atoms with Crippen molar-refractivity contribution in [3.63, 3.8) is 0 Å². The van der Waals surface area contributed by atoms with Gasteiger partial charge < -0.3 is 11.9 Å². The molecule has 1 amide bonds. The van der Waals surface area contributed by atoms with Gasteiger partial charge >= 0.3 is 0 Å². The molecule has 0 aromatic rings. The lowest BCUT2D eigenvalue weighted by Gasteiger charge is -1.88. The van der Waals surface area contributed by atoms with Gasteiger partial charge in [-0.05, 0) is 13.3 Å². The van der Waals surface area contributed by atoms with Crippen LogP contribution in [0.3, 0.4) is 0 Å². The van der Waals surface area contributed by atoms with Gasteiger partial charge in [0.15, 0.2) is 0 Å². The Balaban J connectivity index is 0. The summed E-state index contributed by atoms with van der Waals surface area (Å²) < 4.78 is 0. The van der Waals surface area contributed by atoms with Crippen molar-refractivity contribution < 1.29 is 4.79 Å². The predicted octanol–water partition coefficient (Wildman–Crippen LogP) is 0.990. The maximum Gasteiger partial charge on any atom is 0.244 e. The van der Waals surface area contributed by atoms with Crippen LogP contribution in [-0.4, -0.2) is 5.91 Å². The van der Waals surface area contributed by atoms with E-state index >= 15 is 0 Å². The quantitative estimate of drug-likeness (QED) is 0.547. The van der Waals surface area contributed by atoms with Crippen LogP contribution in [0.4, 0.5) is 0 Å². The number of primary amides is 1. The van der Waals surface area contributed by atoms with Gasteiger partial charge in [-0.3, -0.25) is 4.79 Å². The summed E-state index contributed by atoms with van der Waals surface area (Å²) in [6.45, 7) is 3.68. The van der Waals surface area contributed by atoms with Crippen LogP contribution in [0.25, 0.3) is 0 Å². The van der Waals surface area contributed by atoms with Crippen LogP contribution in [0.1, 0.15) is 20.3 Å². The number of hydrogen-bond acceptors (Lipinski definition) is 2. The Morgan fingerprint density at radius 1 is 1.67 bits per heavy atom. The lowest BCUT2D eigenvalue weighted by Crippen LogP contribution is -2.11. The molecule has 0 fully saturated rings. The molecule has 0 atom stereocenters. The highest BCUT2D eigenvalue weighted by Gasteiger charge is 1.91. The van der Waals surface area contributed by atoms with Crippen molar-refractivity contribution in [2.75, 3.05) is 0 Å². The SMILES string of the molecule is CCC=C(C)C(N)=O.N. The first kappa shape index (κ1) is 11.0. The van der Waals surface area contributed by atoms with Gasteiger partial charge in [-0.2, -0.15) is 0 Å². The van der Waals surface area contributed by atoms with Crippen LogP contribution in [0.2, 0.25) is 0 Å². The summed E-state index contributed by atoms with van der Waals surface area (Å²) in [6, 6.07) is 0. The maximum absolute atomic E-state index is 10.2. The smallest absolute Gasteiger partial charge is 0.244 e. The summed E-state index contributed by atoms with van der Waals surface area (Å²) >= 11 is 0. The Bertz CT molecular complexity index is 118. The zero-order valence-electron chi connectivity index (χ0n) is 5.98. The number of nitrogens with two attached hydrogens (primary N) is 1. The fourth-order valence-electron chi connectivity index (χ4n) is 0.407. The predicted molar refractivity (Wildman–Crippen MR) is 38.3 cm³/mol. The molecule has 0 rings (SSSR count). The second-order valence-electron chi connectivity index (χ2n) is 1.66. The van der Waals surface area contributed by atoms with Gasteiger partial charge in [-0.25, -0.2) is 0 Å². The first-order chi connectivity index (χ1) is 3.68. The zero-order valence-corrected chi connectivity index (χ0v) is 5.98. The highest BCUT2D eigenvalue weighted by Crippen LogP contribution is 1.91. The average molecular weight is 130 g/mol. The molecule has 0 aromatic carbocycles. The van der Waals surface area contributed by atoms with Crippen LogP contribution < -0.4 is 11.9 Å². The molecule has 0 aliphatic carbocycles. The standard InChI is InChI=1S/C6H11NO.H3N/c1-3-4-5(2)6(7)8;/h4H,3H2,1-2H3,(H2,7,8);1H3. The van der Waals surface area contributed by atoms with E-state index in [0.717, 1.165) is 6.42 Å². The Hall–Kier alpha value is -0.830. The van der Waals surface area contributed by atoms with Crippen molar-refractivity contribution >= 4 is 5.91 Å². The van der Waals surface area contributed by atoms with E-state index in [-0.39, 0.29) is 12.1 Å². The molecule has 0 aromatic heterocycles. The van der Waals surface area contributed by atoms with Gasteiger partial charge in [-0.1, -0.05) is 13.0 Å². The Morgan fingerprint density at radius 3 is 2.22 bits per heavy atom. The van der Waals surface area contributed by atoms with E-state index in [1.165, 1.54) is 0 Å². The number of allylic oxidation sites excluding steroid dienone is 1. The van der Waals surface area contributed by atoms with Gasteiger partial charge in [0.25, 0.3) is 0 Å². The normalized spacial score (nSPS) is 10.2. The van der Waals surface area contributed by atoms with Crippen molar-refractivity contribution in [2.45, 2.75) is 20.3 Å². The van der Waals surface area contributed by atoms with Crippen LogP contribution >= 0.6 is 0 Å². The number of carbonyl (C=O) groups excluding carboxylic acids is 1. The van der Waals surface area contributed by atoms with Crippen molar-refractivity contribution in [1.29, 1.82) is 0 Å². The molecule has 54 valence electrons. The molecule has 0 aliphatic heterocycles. The molecule has 0 saturated heterocycles. The molecule has 5 N–H and O–H groups in total. The van der Waals surface area contributed by atoms with E-state index in [9.17, 15) is 4.79 Å². The lowest BCUT2D eigenvalue weighted by molar-refractivity contribution is -0.114. The Labute approximate surface area is 55.5 Å². The van der Waals surface area contributed by atoms with E-state index in [1.807, 2.05) is 13.0 Å². The summed E-state index contributed by atoms with van der Waals surface area (Å²) in [5.41, 5.74) is 5.56. The van der Waals surface area contributed by atoms with Gasteiger partial charge in [0.2, 0.25) is 5.91 Å². The third-order valence-corrected chi connectivity index (χ3v) is 0.899. The monoisotopic (exact) mass is 130 g/mol. The molecule has 0 saturated carbocycles. The molecule has 0 radical (unpaired) electrons. The third-order valence-electron chi connectivity index (χ3n) is 0.899. The van der Waals surface area contributed by atoms with Gasteiger partial charge in [0, 0.05) is 5.57 Å². The molecule has 0 unspecified atom stereocenters. The topological polar surface area (TPSA) is 78.1 Å². The Morgan fingerprint density at radius 2 is 2.11 bits per heavy atom. The van der Waals surface area contributed by atoms with Crippen molar-refractivity contribution in [1.82, 2.24) is 6.15 Å². The molecule has 3 heteroatoms. The molecular formula is C6H14N2O. The average Bonchev–Trinajstić information content (AvgIpc) is 1.67. The minimum Gasteiger partial charge on any atom is -0.366 e. The molecule has 3 nitrogen and oxygen atoms in total. The highest BCUT2D eigenvalue weighted by atomic mass is 16.1. The van der Waals surface area contributed by atoms with Crippen LogP contribution in [0, 0.1) is 0 Å². The van der Waals surface area contributed by atoms with Gasteiger partial charge in [0.05, 0.1) is 0 Å². The van der Waals surface area contributed by atoms with Crippen LogP contribution in [0.5, 0.6) is 0 Å². The molecular weight excluding hydrogens is 116 g/mol. The fraction of sp³-hybridized carbons (Fsp3) is 0.500. The number of rotatable bonds is 2. The van der Waals surface area contributed by atoms with E-state index in [0.29, 0.717) is 5.57 Å². The summed E-state index contributed by atoms with van der Waals surface area (Å²) in [7, 11) is 0. The van der Waals surface area contributed by atoms with Gasteiger partial charge in [0.1, 0.15) is 0 Å². The Kier molecular flexibility index (Phi) is 6.51. The minimum atomic E-state index is -0.327. The zero-order chi connectivity index (χ0) is 6.57. The molecule has 0 spiro atoms. The fourth-order valence-corrected chi connectivity index (χ4v) is 0.407. The second kappa shape index (κ2) is 5.31. The molecule has 0 bridgehead atoms. The number of carbonyl (C=O) groups is 1. The van der Waals surface area contributed by atoms with Crippen molar-refractivity contribution in [2.24, 2.45) is 5.73 Å². The van der Waals surface area contributed by atoms with E-state index in [1.54, 1.807) is 6.92 Å². The van der Waals surface area contributed by atoms with E-state index in [4.69, 9.17) is 5.73 Å².